The van der Waals surface area contributed by atoms with Crippen LogP contribution in [0.15, 0.2) is 4.52 Å². The summed E-state index contributed by atoms with van der Waals surface area (Å²) in [6, 6.07) is 0. The van der Waals surface area contributed by atoms with Crippen molar-refractivity contribution in [1.29, 1.82) is 0 Å². The summed E-state index contributed by atoms with van der Waals surface area (Å²) in [4.78, 5) is 14.6. The molecule has 1 amide bonds. The average Bonchev–Trinajstić information content (AvgIpc) is 2.87. The van der Waals surface area contributed by atoms with Gasteiger partial charge >= 0.3 is 0 Å². The predicted octanol–water partition coefficient (Wildman–Crippen LogP) is 3.10. The molecule has 2 aliphatic rings. The van der Waals surface area contributed by atoms with Gasteiger partial charge in [-0.25, -0.2) is 0 Å². The molecule has 0 aromatic carbocycles. The molecule has 1 saturated heterocycles. The molecule has 2 fully saturated rings. The van der Waals surface area contributed by atoms with Crippen molar-refractivity contribution < 1.29 is 14.1 Å². The number of carbonyl (C=O) groups excluding carboxylic acids is 1. The maximum absolute atomic E-state index is 12.7. The Morgan fingerprint density at radius 3 is 2.73 bits per heavy atom. The molecule has 22 heavy (non-hydrogen) atoms. The molecular formula is C17H26N2O3. The molecule has 5 heteroatoms. The average molecular weight is 306 g/mol. The third-order valence-electron chi connectivity index (χ3n) is 4.99. The Hall–Kier alpha value is -1.36. The van der Waals surface area contributed by atoms with E-state index < -0.39 is 0 Å². The van der Waals surface area contributed by atoms with Crippen LogP contribution in [0.2, 0.25) is 0 Å². The van der Waals surface area contributed by atoms with Gasteiger partial charge in [-0.05, 0) is 26.2 Å². The second kappa shape index (κ2) is 6.82. The summed E-state index contributed by atoms with van der Waals surface area (Å²) < 4.78 is 11.0. The van der Waals surface area contributed by atoms with Gasteiger partial charge in [0.2, 0.25) is 0 Å². The Morgan fingerprint density at radius 2 is 2.05 bits per heavy atom. The summed E-state index contributed by atoms with van der Waals surface area (Å²) in [7, 11) is 0. The van der Waals surface area contributed by atoms with Crippen LogP contribution in [0.1, 0.15) is 60.3 Å². The fraction of sp³-hybridized carbons (Fsp3) is 0.765. The van der Waals surface area contributed by atoms with Crippen LogP contribution in [-0.2, 0) is 4.74 Å². The molecule has 0 bridgehead atoms. The van der Waals surface area contributed by atoms with Gasteiger partial charge in [-0.3, -0.25) is 4.79 Å². The zero-order valence-electron chi connectivity index (χ0n) is 13.6. The first-order valence-electron chi connectivity index (χ1n) is 8.49. The number of hydrogen-bond donors (Lipinski definition) is 0. The van der Waals surface area contributed by atoms with Crippen molar-refractivity contribution in [2.24, 2.45) is 5.92 Å². The van der Waals surface area contributed by atoms with E-state index >= 15 is 0 Å². The molecule has 0 N–H and O–H groups in total. The van der Waals surface area contributed by atoms with Crippen LogP contribution in [0.25, 0.3) is 0 Å². The molecule has 1 aromatic heterocycles. The van der Waals surface area contributed by atoms with Crippen LogP contribution in [0.5, 0.6) is 0 Å². The first-order valence-corrected chi connectivity index (χ1v) is 8.49. The number of rotatable bonds is 3. The van der Waals surface area contributed by atoms with Crippen molar-refractivity contribution in [3.8, 4) is 0 Å². The largest absolute Gasteiger partial charge is 0.375 e. The minimum absolute atomic E-state index is 0.0354. The zero-order chi connectivity index (χ0) is 15.5. The normalized spacial score (nSPS) is 23.7. The van der Waals surface area contributed by atoms with E-state index in [4.69, 9.17) is 9.26 Å². The number of hydrogen-bond acceptors (Lipinski definition) is 4. The third kappa shape index (κ3) is 3.35. The van der Waals surface area contributed by atoms with Crippen molar-refractivity contribution in [1.82, 2.24) is 10.1 Å². The molecule has 1 aromatic rings. The SMILES string of the molecule is Cc1noc(C)c1C(=O)N1CCOC(CC2CCCCC2)C1. The lowest BCUT2D eigenvalue weighted by molar-refractivity contribution is -0.0337. The van der Waals surface area contributed by atoms with Crippen molar-refractivity contribution in [2.45, 2.75) is 58.5 Å². The van der Waals surface area contributed by atoms with E-state index in [9.17, 15) is 4.79 Å². The van der Waals surface area contributed by atoms with E-state index in [1.807, 2.05) is 11.8 Å². The molecule has 122 valence electrons. The van der Waals surface area contributed by atoms with Gasteiger partial charge in [0, 0.05) is 13.1 Å². The number of aryl methyl sites for hydroxylation is 2. The summed E-state index contributed by atoms with van der Waals surface area (Å²) in [5.41, 5.74) is 1.30. The Bertz CT molecular complexity index is 500. The van der Waals surface area contributed by atoms with E-state index in [0.29, 0.717) is 36.7 Å². The lowest BCUT2D eigenvalue weighted by atomic mass is 9.85. The van der Waals surface area contributed by atoms with Crippen LogP contribution in [-0.4, -0.2) is 41.8 Å². The lowest BCUT2D eigenvalue weighted by Gasteiger charge is -2.35. The smallest absolute Gasteiger partial charge is 0.259 e. The van der Waals surface area contributed by atoms with Gasteiger partial charge in [-0.2, -0.15) is 0 Å². The Balaban J connectivity index is 1.61. The van der Waals surface area contributed by atoms with Gasteiger partial charge in [-0.15, -0.1) is 0 Å². The number of carbonyl (C=O) groups is 1. The summed E-state index contributed by atoms with van der Waals surface area (Å²) in [6.07, 6.45) is 7.97. The molecule has 0 radical (unpaired) electrons. The molecule has 0 spiro atoms. The predicted molar refractivity (Wildman–Crippen MR) is 82.8 cm³/mol. The standard InChI is InChI=1S/C17H26N2O3/c1-12-16(13(2)22-18-12)17(20)19-8-9-21-15(11-19)10-14-6-4-3-5-7-14/h14-15H,3-11H2,1-2H3. The minimum atomic E-state index is 0.0354. The van der Waals surface area contributed by atoms with E-state index in [0.717, 1.165) is 12.3 Å². The van der Waals surface area contributed by atoms with E-state index in [2.05, 4.69) is 5.16 Å². The summed E-state index contributed by atoms with van der Waals surface area (Å²) in [6.45, 7) is 5.60. The second-order valence-electron chi connectivity index (χ2n) is 6.68. The minimum Gasteiger partial charge on any atom is -0.375 e. The fourth-order valence-electron chi connectivity index (χ4n) is 3.79. The monoisotopic (exact) mass is 306 g/mol. The number of aromatic nitrogens is 1. The Kier molecular flexibility index (Phi) is 4.81. The van der Waals surface area contributed by atoms with Gasteiger partial charge in [0.15, 0.2) is 0 Å². The molecule has 1 unspecified atom stereocenters. The third-order valence-corrected chi connectivity index (χ3v) is 4.99. The molecule has 3 rings (SSSR count). The maximum Gasteiger partial charge on any atom is 0.259 e. The van der Waals surface area contributed by atoms with Crippen molar-refractivity contribution >= 4 is 5.91 Å². The van der Waals surface area contributed by atoms with Crippen LogP contribution >= 0.6 is 0 Å². The first-order chi connectivity index (χ1) is 10.6. The van der Waals surface area contributed by atoms with Crippen LogP contribution in [0.4, 0.5) is 0 Å². The maximum atomic E-state index is 12.7. The zero-order valence-corrected chi connectivity index (χ0v) is 13.6. The first kappa shape index (κ1) is 15.5. The topological polar surface area (TPSA) is 55.6 Å². The second-order valence-corrected chi connectivity index (χ2v) is 6.68. The quantitative estimate of drug-likeness (QED) is 0.861. The number of morpholine rings is 1. The van der Waals surface area contributed by atoms with Crippen molar-refractivity contribution in [2.75, 3.05) is 19.7 Å². The Labute approximate surface area is 132 Å². The lowest BCUT2D eigenvalue weighted by Crippen LogP contribution is -2.46. The Morgan fingerprint density at radius 1 is 1.27 bits per heavy atom. The summed E-state index contributed by atoms with van der Waals surface area (Å²) in [5, 5.41) is 3.89. The molecule has 2 heterocycles. The van der Waals surface area contributed by atoms with E-state index in [1.54, 1.807) is 6.92 Å². The van der Waals surface area contributed by atoms with Crippen LogP contribution in [0.3, 0.4) is 0 Å². The number of amides is 1. The van der Waals surface area contributed by atoms with Gasteiger partial charge in [0.1, 0.15) is 11.3 Å². The number of nitrogens with zero attached hydrogens (tertiary/aromatic N) is 2. The van der Waals surface area contributed by atoms with Crippen LogP contribution < -0.4 is 0 Å². The van der Waals surface area contributed by atoms with E-state index in [-0.39, 0.29) is 12.0 Å². The molecule has 1 aliphatic carbocycles. The molecule has 1 atom stereocenters. The summed E-state index contributed by atoms with van der Waals surface area (Å²) in [5.74, 6) is 1.42. The summed E-state index contributed by atoms with van der Waals surface area (Å²) >= 11 is 0. The van der Waals surface area contributed by atoms with Gasteiger partial charge < -0.3 is 14.2 Å². The molecular weight excluding hydrogens is 280 g/mol. The van der Waals surface area contributed by atoms with Gasteiger partial charge in [0.05, 0.1) is 18.4 Å². The molecule has 5 nitrogen and oxygen atoms in total. The van der Waals surface area contributed by atoms with Crippen molar-refractivity contribution in [3.63, 3.8) is 0 Å². The van der Waals surface area contributed by atoms with E-state index in [1.165, 1.54) is 32.1 Å². The highest BCUT2D eigenvalue weighted by Crippen LogP contribution is 2.29. The number of ether oxygens (including phenoxy) is 1. The fourth-order valence-corrected chi connectivity index (χ4v) is 3.79. The molecule has 1 saturated carbocycles. The van der Waals surface area contributed by atoms with Gasteiger partial charge in [-0.1, -0.05) is 37.3 Å². The van der Waals surface area contributed by atoms with Crippen LogP contribution in [0, 0.1) is 19.8 Å². The van der Waals surface area contributed by atoms with Crippen molar-refractivity contribution in [3.05, 3.63) is 17.0 Å². The van der Waals surface area contributed by atoms with Gasteiger partial charge in [0.25, 0.3) is 5.91 Å². The highest BCUT2D eigenvalue weighted by molar-refractivity contribution is 5.96. The highest BCUT2D eigenvalue weighted by atomic mass is 16.5. The highest BCUT2D eigenvalue weighted by Gasteiger charge is 2.30. The molecule has 1 aliphatic heterocycles.